The van der Waals surface area contributed by atoms with Crippen molar-refractivity contribution in [3.63, 3.8) is 0 Å². The number of rotatable bonds is 5. The highest BCUT2D eigenvalue weighted by Crippen LogP contribution is 2.24. The molecule has 0 heterocycles. The Balaban J connectivity index is 2.22. The van der Waals surface area contributed by atoms with Crippen LogP contribution in [0.15, 0.2) is 0 Å². The average molecular weight is 248 g/mol. The molecule has 0 amide bonds. The second-order valence-corrected chi connectivity index (χ2v) is 6.99. The van der Waals surface area contributed by atoms with Gasteiger partial charge in [0, 0.05) is 18.6 Å². The zero-order valence-corrected chi connectivity index (χ0v) is 11.3. The van der Waals surface area contributed by atoms with Crippen LogP contribution in [0.4, 0.5) is 0 Å². The molecule has 0 spiro atoms. The summed E-state index contributed by atoms with van der Waals surface area (Å²) in [6.07, 6.45) is 5.78. The van der Waals surface area contributed by atoms with Crippen molar-refractivity contribution in [2.24, 2.45) is 5.92 Å². The molecule has 0 unspecified atom stereocenters. The van der Waals surface area contributed by atoms with Crippen LogP contribution < -0.4 is 10.0 Å². The second-order valence-electron chi connectivity index (χ2n) is 5.16. The minimum atomic E-state index is -3.02. The van der Waals surface area contributed by atoms with E-state index in [1.807, 2.05) is 0 Å². The van der Waals surface area contributed by atoms with Crippen molar-refractivity contribution >= 4 is 10.0 Å². The molecule has 2 N–H and O–H groups in total. The Kier molecular flexibility index (Phi) is 5.21. The van der Waals surface area contributed by atoms with E-state index in [2.05, 4.69) is 23.9 Å². The summed E-state index contributed by atoms with van der Waals surface area (Å²) in [6.45, 7) is 4.93. The summed E-state index contributed by atoms with van der Waals surface area (Å²) in [5.41, 5.74) is 0. The summed E-state index contributed by atoms with van der Waals surface area (Å²) in [4.78, 5) is 0. The van der Waals surface area contributed by atoms with Crippen LogP contribution in [0.1, 0.15) is 39.5 Å². The van der Waals surface area contributed by atoms with E-state index in [0.29, 0.717) is 24.5 Å². The predicted octanol–water partition coefficient (Wildman–Crippen LogP) is 1.09. The van der Waals surface area contributed by atoms with Crippen LogP contribution in [-0.4, -0.2) is 33.3 Å². The third kappa shape index (κ3) is 5.82. The largest absolute Gasteiger partial charge is 0.312 e. The fraction of sp³-hybridized carbons (Fsp3) is 1.00. The van der Waals surface area contributed by atoms with Gasteiger partial charge in [-0.15, -0.1) is 0 Å². The van der Waals surface area contributed by atoms with Gasteiger partial charge in [-0.1, -0.05) is 13.8 Å². The minimum Gasteiger partial charge on any atom is -0.312 e. The highest BCUT2D eigenvalue weighted by molar-refractivity contribution is 7.88. The lowest BCUT2D eigenvalue weighted by molar-refractivity contribution is 0.281. The van der Waals surface area contributed by atoms with Gasteiger partial charge < -0.3 is 5.32 Å². The van der Waals surface area contributed by atoms with Crippen LogP contribution in [-0.2, 0) is 10.0 Å². The molecule has 0 aromatic heterocycles. The maximum absolute atomic E-state index is 11.0. The molecular weight excluding hydrogens is 224 g/mol. The Morgan fingerprint density at radius 1 is 1.19 bits per heavy atom. The van der Waals surface area contributed by atoms with Gasteiger partial charge in [0.15, 0.2) is 0 Å². The van der Waals surface area contributed by atoms with E-state index in [0.717, 1.165) is 25.7 Å². The summed E-state index contributed by atoms with van der Waals surface area (Å²) in [5.74, 6) is 0.514. The zero-order chi connectivity index (χ0) is 12.2. The Labute approximate surface area is 99.2 Å². The van der Waals surface area contributed by atoms with Gasteiger partial charge in [-0.2, -0.15) is 0 Å². The maximum Gasteiger partial charge on any atom is 0.208 e. The molecule has 0 radical (unpaired) electrons. The summed E-state index contributed by atoms with van der Waals surface area (Å²) in [6, 6.07) is 1.16. The van der Waals surface area contributed by atoms with Crippen molar-refractivity contribution in [1.29, 1.82) is 0 Å². The van der Waals surface area contributed by atoms with Crippen molar-refractivity contribution < 1.29 is 8.42 Å². The highest BCUT2D eigenvalue weighted by atomic mass is 32.2. The molecule has 16 heavy (non-hydrogen) atoms. The first-order valence-electron chi connectivity index (χ1n) is 6.07. The standard InChI is InChI=1S/C11H24N2O2S/c1-9(2)13-11-6-4-10(5-7-11)8-12-16(3,14)15/h9-13H,4-8H2,1-3H3. The van der Waals surface area contributed by atoms with Gasteiger partial charge in [0.25, 0.3) is 0 Å². The van der Waals surface area contributed by atoms with Gasteiger partial charge in [0.05, 0.1) is 6.26 Å². The van der Waals surface area contributed by atoms with E-state index in [1.165, 1.54) is 6.26 Å². The van der Waals surface area contributed by atoms with Gasteiger partial charge in [0.2, 0.25) is 10.0 Å². The van der Waals surface area contributed by atoms with E-state index >= 15 is 0 Å². The third-order valence-corrected chi connectivity index (χ3v) is 3.74. The molecule has 1 rings (SSSR count). The lowest BCUT2D eigenvalue weighted by atomic mass is 9.86. The van der Waals surface area contributed by atoms with Gasteiger partial charge in [-0.05, 0) is 31.6 Å². The first kappa shape index (κ1) is 13.9. The second kappa shape index (κ2) is 5.98. The lowest BCUT2D eigenvalue weighted by Crippen LogP contribution is -2.39. The lowest BCUT2D eigenvalue weighted by Gasteiger charge is -2.30. The van der Waals surface area contributed by atoms with Crippen LogP contribution >= 0.6 is 0 Å². The summed E-state index contributed by atoms with van der Waals surface area (Å²) >= 11 is 0. The molecule has 1 aliphatic rings. The van der Waals surface area contributed by atoms with Crippen LogP contribution in [0, 0.1) is 5.92 Å². The minimum absolute atomic E-state index is 0.514. The average Bonchev–Trinajstić information content (AvgIpc) is 2.14. The van der Waals surface area contributed by atoms with Crippen LogP contribution in [0.2, 0.25) is 0 Å². The number of hydrogen-bond acceptors (Lipinski definition) is 3. The number of sulfonamides is 1. The molecule has 0 aromatic rings. The number of hydrogen-bond donors (Lipinski definition) is 2. The fourth-order valence-electron chi connectivity index (χ4n) is 2.27. The molecule has 0 aromatic carbocycles. The van der Waals surface area contributed by atoms with Gasteiger partial charge in [0.1, 0.15) is 0 Å². The quantitative estimate of drug-likeness (QED) is 0.766. The van der Waals surface area contributed by atoms with Crippen molar-refractivity contribution in [2.75, 3.05) is 12.8 Å². The maximum atomic E-state index is 11.0. The Morgan fingerprint density at radius 3 is 2.19 bits per heavy atom. The van der Waals surface area contributed by atoms with E-state index in [1.54, 1.807) is 0 Å². The van der Waals surface area contributed by atoms with Crippen molar-refractivity contribution in [3.05, 3.63) is 0 Å². The number of nitrogens with one attached hydrogen (secondary N) is 2. The van der Waals surface area contributed by atoms with Gasteiger partial charge >= 0.3 is 0 Å². The molecular formula is C11H24N2O2S. The molecule has 0 bridgehead atoms. The molecule has 1 saturated carbocycles. The van der Waals surface area contributed by atoms with E-state index in [-0.39, 0.29) is 0 Å². The molecule has 0 saturated heterocycles. The Hall–Kier alpha value is -0.130. The summed E-state index contributed by atoms with van der Waals surface area (Å²) < 4.78 is 24.5. The monoisotopic (exact) mass is 248 g/mol. The predicted molar refractivity (Wildman–Crippen MR) is 66.9 cm³/mol. The molecule has 0 atom stereocenters. The van der Waals surface area contributed by atoms with E-state index in [9.17, 15) is 8.42 Å². The Bertz CT molecular complexity index is 293. The first-order valence-corrected chi connectivity index (χ1v) is 7.96. The molecule has 96 valence electrons. The smallest absolute Gasteiger partial charge is 0.208 e. The van der Waals surface area contributed by atoms with Crippen LogP contribution in [0.25, 0.3) is 0 Å². The van der Waals surface area contributed by atoms with E-state index < -0.39 is 10.0 Å². The topological polar surface area (TPSA) is 58.2 Å². The highest BCUT2D eigenvalue weighted by Gasteiger charge is 2.21. The van der Waals surface area contributed by atoms with Gasteiger partial charge in [-0.3, -0.25) is 0 Å². The zero-order valence-electron chi connectivity index (χ0n) is 10.5. The van der Waals surface area contributed by atoms with Crippen molar-refractivity contribution in [3.8, 4) is 0 Å². The van der Waals surface area contributed by atoms with Crippen molar-refractivity contribution in [2.45, 2.75) is 51.6 Å². The Morgan fingerprint density at radius 2 is 1.75 bits per heavy atom. The normalized spacial score (nSPS) is 27.2. The SMILES string of the molecule is CC(C)NC1CCC(CNS(C)(=O)=O)CC1. The summed E-state index contributed by atoms with van der Waals surface area (Å²) in [7, 11) is -3.02. The molecule has 1 aliphatic carbocycles. The molecule has 4 nitrogen and oxygen atoms in total. The summed E-state index contributed by atoms with van der Waals surface area (Å²) in [5, 5.41) is 3.54. The van der Waals surface area contributed by atoms with Crippen LogP contribution in [0.3, 0.4) is 0 Å². The molecule has 1 fully saturated rings. The molecule has 0 aliphatic heterocycles. The molecule has 5 heteroatoms. The fourth-order valence-corrected chi connectivity index (χ4v) is 2.81. The third-order valence-electron chi connectivity index (χ3n) is 3.05. The van der Waals surface area contributed by atoms with Gasteiger partial charge in [-0.25, -0.2) is 13.1 Å². The van der Waals surface area contributed by atoms with Crippen LogP contribution in [0.5, 0.6) is 0 Å². The first-order chi connectivity index (χ1) is 7.37. The van der Waals surface area contributed by atoms with Crippen molar-refractivity contribution in [1.82, 2.24) is 10.0 Å². The van der Waals surface area contributed by atoms with E-state index in [4.69, 9.17) is 0 Å².